The smallest absolute Gasteiger partial charge is 0.183 e. The molecule has 1 aliphatic rings. The van der Waals surface area contributed by atoms with Crippen molar-refractivity contribution in [1.82, 2.24) is 24.4 Å². The number of thiazole rings is 1. The number of benzene rings is 1. The summed E-state index contributed by atoms with van der Waals surface area (Å²) in [6.07, 6.45) is 7.12. The fraction of sp³-hybridized carbons (Fsp3) is 0.208. The van der Waals surface area contributed by atoms with Gasteiger partial charge in [0.15, 0.2) is 10.3 Å². The van der Waals surface area contributed by atoms with Gasteiger partial charge in [0, 0.05) is 66.0 Å². The van der Waals surface area contributed by atoms with Crippen molar-refractivity contribution in [2.75, 3.05) is 6.54 Å². The SMILES string of the molecule is Clc1ncc(Cn2cc(CN3CCc4nc(-c5cccs5)ncc4C3)c3ccccc32)s1. The summed E-state index contributed by atoms with van der Waals surface area (Å²) in [5.74, 6) is 0.846. The molecule has 5 nitrogen and oxygen atoms in total. The standard InChI is InChI=1S/C24H20ClN5S2/c25-24-27-11-18(32-24)15-30-14-17(19-4-1-2-5-21(19)30)13-29-8-7-20-16(12-29)10-26-23(28-20)22-6-3-9-31-22/h1-6,9-11,14H,7-8,12-13,15H2. The summed E-state index contributed by atoms with van der Waals surface area (Å²) in [5.41, 5.74) is 5.01. The maximum Gasteiger partial charge on any atom is 0.183 e. The van der Waals surface area contributed by atoms with Crippen LogP contribution in [-0.4, -0.2) is 31.0 Å². The number of nitrogens with zero attached hydrogens (tertiary/aromatic N) is 5. The summed E-state index contributed by atoms with van der Waals surface area (Å²) in [6.45, 7) is 3.57. The van der Waals surface area contributed by atoms with Gasteiger partial charge < -0.3 is 4.57 Å². The van der Waals surface area contributed by atoms with E-state index in [0.29, 0.717) is 4.47 Å². The van der Waals surface area contributed by atoms with Gasteiger partial charge in [-0.1, -0.05) is 35.9 Å². The van der Waals surface area contributed by atoms with Crippen molar-refractivity contribution < 1.29 is 0 Å². The Bertz CT molecular complexity index is 1390. The van der Waals surface area contributed by atoms with Gasteiger partial charge in [-0.15, -0.1) is 22.7 Å². The Morgan fingerprint density at radius 2 is 1.97 bits per heavy atom. The number of hydrogen-bond donors (Lipinski definition) is 0. The zero-order valence-corrected chi connectivity index (χ0v) is 19.6. The Morgan fingerprint density at radius 3 is 2.81 bits per heavy atom. The van der Waals surface area contributed by atoms with Gasteiger partial charge in [0.05, 0.1) is 17.1 Å². The molecule has 4 aromatic heterocycles. The highest BCUT2D eigenvalue weighted by Gasteiger charge is 2.21. The van der Waals surface area contributed by atoms with Crippen molar-refractivity contribution in [1.29, 1.82) is 0 Å². The van der Waals surface area contributed by atoms with Crippen LogP contribution in [0.15, 0.2) is 60.4 Å². The Hall–Kier alpha value is -2.58. The lowest BCUT2D eigenvalue weighted by Crippen LogP contribution is -2.30. The molecule has 0 saturated carbocycles. The predicted octanol–water partition coefficient (Wildman–Crippen LogP) is 5.88. The van der Waals surface area contributed by atoms with Crippen molar-refractivity contribution in [3.63, 3.8) is 0 Å². The fourth-order valence-electron chi connectivity index (χ4n) is 4.38. The molecule has 1 aromatic carbocycles. The van der Waals surface area contributed by atoms with Crippen molar-refractivity contribution in [2.45, 2.75) is 26.1 Å². The first-order chi connectivity index (χ1) is 15.7. The first kappa shape index (κ1) is 20.1. The third-order valence-corrected chi connectivity index (χ3v) is 7.84. The Labute approximate surface area is 199 Å². The number of aromatic nitrogens is 4. The predicted molar refractivity (Wildman–Crippen MR) is 131 cm³/mol. The molecule has 0 N–H and O–H groups in total. The third kappa shape index (κ3) is 3.86. The van der Waals surface area contributed by atoms with E-state index in [0.717, 1.165) is 48.2 Å². The highest BCUT2D eigenvalue weighted by atomic mass is 35.5. The van der Waals surface area contributed by atoms with Crippen LogP contribution < -0.4 is 0 Å². The van der Waals surface area contributed by atoms with Crippen LogP contribution in [0.2, 0.25) is 4.47 Å². The molecule has 160 valence electrons. The molecule has 0 atom stereocenters. The molecule has 0 fully saturated rings. The molecule has 5 heterocycles. The minimum Gasteiger partial charge on any atom is -0.342 e. The van der Waals surface area contributed by atoms with Crippen LogP contribution in [-0.2, 0) is 26.1 Å². The summed E-state index contributed by atoms with van der Waals surface area (Å²) in [5, 5.41) is 3.37. The van der Waals surface area contributed by atoms with Gasteiger partial charge in [-0.3, -0.25) is 4.90 Å². The first-order valence-electron chi connectivity index (χ1n) is 10.5. The molecule has 0 spiro atoms. The summed E-state index contributed by atoms with van der Waals surface area (Å²) in [4.78, 5) is 18.5. The molecule has 6 rings (SSSR count). The number of halogens is 1. The average molecular weight is 478 g/mol. The summed E-state index contributed by atoms with van der Waals surface area (Å²) >= 11 is 9.26. The topological polar surface area (TPSA) is 46.8 Å². The van der Waals surface area contributed by atoms with E-state index in [1.165, 1.54) is 39.1 Å². The maximum absolute atomic E-state index is 6.04. The van der Waals surface area contributed by atoms with Crippen LogP contribution in [0, 0.1) is 0 Å². The van der Waals surface area contributed by atoms with E-state index in [4.69, 9.17) is 16.6 Å². The average Bonchev–Trinajstić information content (AvgIpc) is 3.56. The molecule has 0 saturated heterocycles. The van der Waals surface area contributed by atoms with Gasteiger partial charge in [0.25, 0.3) is 0 Å². The monoisotopic (exact) mass is 477 g/mol. The van der Waals surface area contributed by atoms with Crippen molar-refractivity contribution >= 4 is 45.2 Å². The lowest BCUT2D eigenvalue weighted by Gasteiger charge is -2.27. The van der Waals surface area contributed by atoms with E-state index in [1.807, 2.05) is 18.5 Å². The van der Waals surface area contributed by atoms with E-state index in [9.17, 15) is 0 Å². The third-order valence-electron chi connectivity index (χ3n) is 5.87. The van der Waals surface area contributed by atoms with Crippen molar-refractivity contribution in [2.24, 2.45) is 0 Å². The lowest BCUT2D eigenvalue weighted by molar-refractivity contribution is 0.243. The van der Waals surface area contributed by atoms with Gasteiger partial charge in [0.1, 0.15) is 0 Å². The Kier molecular flexibility index (Phi) is 5.27. The van der Waals surface area contributed by atoms with Gasteiger partial charge in [-0.25, -0.2) is 15.0 Å². The molecule has 5 aromatic rings. The van der Waals surface area contributed by atoms with E-state index >= 15 is 0 Å². The lowest BCUT2D eigenvalue weighted by atomic mass is 10.1. The largest absolute Gasteiger partial charge is 0.342 e. The van der Waals surface area contributed by atoms with Crippen LogP contribution in [0.1, 0.15) is 21.7 Å². The number of hydrogen-bond acceptors (Lipinski definition) is 6. The minimum absolute atomic E-state index is 0.591. The maximum atomic E-state index is 6.04. The molecule has 0 bridgehead atoms. The van der Waals surface area contributed by atoms with Crippen molar-refractivity contribution in [3.8, 4) is 10.7 Å². The van der Waals surface area contributed by atoms with E-state index in [1.54, 1.807) is 11.3 Å². The molecule has 0 radical (unpaired) electrons. The van der Waals surface area contributed by atoms with E-state index in [2.05, 4.69) is 61.3 Å². The molecule has 1 aliphatic heterocycles. The second kappa shape index (κ2) is 8.41. The zero-order chi connectivity index (χ0) is 21.5. The molecule has 0 unspecified atom stereocenters. The van der Waals surface area contributed by atoms with Crippen LogP contribution in [0.4, 0.5) is 0 Å². The van der Waals surface area contributed by atoms with Gasteiger partial charge >= 0.3 is 0 Å². The zero-order valence-electron chi connectivity index (χ0n) is 17.2. The van der Waals surface area contributed by atoms with E-state index < -0.39 is 0 Å². The number of thiophene rings is 1. The van der Waals surface area contributed by atoms with Gasteiger partial charge in [0.2, 0.25) is 0 Å². The normalized spacial score (nSPS) is 14.2. The Balaban J connectivity index is 1.24. The summed E-state index contributed by atoms with van der Waals surface area (Å²) in [7, 11) is 0. The molecule has 8 heteroatoms. The number of rotatable bonds is 5. The van der Waals surface area contributed by atoms with Crippen LogP contribution in [0.3, 0.4) is 0 Å². The highest BCUT2D eigenvalue weighted by molar-refractivity contribution is 7.15. The summed E-state index contributed by atoms with van der Waals surface area (Å²) in [6, 6.07) is 12.7. The van der Waals surface area contributed by atoms with Gasteiger partial charge in [-0.05, 0) is 23.1 Å². The molecular formula is C24H20ClN5S2. The van der Waals surface area contributed by atoms with Gasteiger partial charge in [-0.2, -0.15) is 0 Å². The van der Waals surface area contributed by atoms with E-state index in [-0.39, 0.29) is 0 Å². The second-order valence-corrected chi connectivity index (χ2v) is 10.6. The Morgan fingerprint density at radius 1 is 1.03 bits per heavy atom. The number of fused-ring (bicyclic) bond motifs is 2. The summed E-state index contributed by atoms with van der Waals surface area (Å²) < 4.78 is 2.90. The fourth-order valence-corrected chi connectivity index (χ4v) is 6.02. The van der Waals surface area contributed by atoms with Crippen LogP contribution >= 0.6 is 34.3 Å². The van der Waals surface area contributed by atoms with Crippen LogP contribution in [0.25, 0.3) is 21.6 Å². The highest BCUT2D eigenvalue weighted by Crippen LogP contribution is 2.28. The number of para-hydroxylation sites is 1. The first-order valence-corrected chi connectivity index (χ1v) is 12.6. The molecular weight excluding hydrogens is 458 g/mol. The molecule has 0 aliphatic carbocycles. The quantitative estimate of drug-likeness (QED) is 0.317. The van der Waals surface area contributed by atoms with Crippen molar-refractivity contribution in [3.05, 3.63) is 86.5 Å². The molecule has 0 amide bonds. The molecule has 32 heavy (non-hydrogen) atoms. The minimum atomic E-state index is 0.591. The van der Waals surface area contributed by atoms with Crippen LogP contribution in [0.5, 0.6) is 0 Å². The second-order valence-electron chi connectivity index (χ2n) is 7.98.